The van der Waals surface area contributed by atoms with Crippen molar-refractivity contribution in [3.05, 3.63) is 82.8 Å². The van der Waals surface area contributed by atoms with Crippen LogP contribution in [0.15, 0.2) is 66.0 Å². The van der Waals surface area contributed by atoms with E-state index in [1.165, 1.54) is 0 Å². The van der Waals surface area contributed by atoms with Gasteiger partial charge in [-0.1, -0.05) is 6.07 Å². The zero-order valence-corrected chi connectivity index (χ0v) is 16.0. The lowest BCUT2D eigenvalue weighted by Crippen LogP contribution is -2.50. The molecule has 0 aliphatic carbocycles. The number of imidazole rings is 1. The third-order valence-corrected chi connectivity index (χ3v) is 6.10. The highest BCUT2D eigenvalue weighted by Gasteiger charge is 2.37. The second-order valence-corrected chi connectivity index (χ2v) is 7.80. The Bertz CT molecular complexity index is 1070. The van der Waals surface area contributed by atoms with Crippen molar-refractivity contribution in [2.75, 3.05) is 19.6 Å². The maximum atomic E-state index is 12.7. The number of carbonyl (C=O) groups excluding carboxylic acids is 1. The fraction of sp³-hybridized carbons (Fsp3) is 0.318. The van der Waals surface area contributed by atoms with Crippen molar-refractivity contribution in [2.24, 2.45) is 5.92 Å². The summed E-state index contributed by atoms with van der Waals surface area (Å²) in [4.78, 5) is 29.4. The zero-order chi connectivity index (χ0) is 19.8. The fourth-order valence-electron chi connectivity index (χ4n) is 4.66. The fourth-order valence-corrected chi connectivity index (χ4v) is 4.66. The molecule has 29 heavy (non-hydrogen) atoms. The number of hydrogen-bond acceptors (Lipinski definition) is 4. The summed E-state index contributed by atoms with van der Waals surface area (Å²) < 4.78 is 3.79. The molecular formula is C22H23N5O2. The summed E-state index contributed by atoms with van der Waals surface area (Å²) in [7, 11) is 0. The van der Waals surface area contributed by atoms with E-state index in [9.17, 15) is 9.59 Å². The van der Waals surface area contributed by atoms with Crippen molar-refractivity contribution >= 4 is 5.91 Å². The van der Waals surface area contributed by atoms with Gasteiger partial charge in [0.15, 0.2) is 0 Å². The molecule has 2 aliphatic rings. The highest BCUT2D eigenvalue weighted by Crippen LogP contribution is 2.38. The van der Waals surface area contributed by atoms with Crippen molar-refractivity contribution < 1.29 is 4.79 Å². The second kappa shape index (κ2) is 7.33. The molecule has 2 bridgehead atoms. The monoisotopic (exact) mass is 389 g/mol. The molecule has 0 radical (unpaired) electrons. The quantitative estimate of drug-likeness (QED) is 0.712. The molecule has 148 valence electrons. The Hall–Kier alpha value is -3.19. The van der Waals surface area contributed by atoms with Crippen LogP contribution in [0.3, 0.4) is 0 Å². The van der Waals surface area contributed by atoms with E-state index in [1.807, 2.05) is 51.7 Å². The lowest BCUT2D eigenvalue weighted by Gasteiger charge is -2.43. The first kappa shape index (κ1) is 17.9. The molecule has 0 saturated carbocycles. The average Bonchev–Trinajstić information content (AvgIpc) is 3.29. The Morgan fingerprint density at radius 3 is 2.83 bits per heavy atom. The van der Waals surface area contributed by atoms with Crippen molar-refractivity contribution in [3.8, 4) is 5.69 Å². The lowest BCUT2D eigenvalue weighted by atomic mass is 9.79. The van der Waals surface area contributed by atoms with Crippen LogP contribution < -0.4 is 16.2 Å². The SMILES string of the molecule is O=C(NC[C@H]1[C@@H]2CNC[C@@H](C2)c2cccc(=O)n21)c1ccc(-n2ccnc2)cc1. The molecule has 3 aromatic rings. The molecule has 2 aromatic heterocycles. The van der Waals surface area contributed by atoms with Gasteiger partial charge in [0.1, 0.15) is 0 Å². The van der Waals surface area contributed by atoms with Gasteiger partial charge >= 0.3 is 0 Å². The molecule has 0 unspecified atom stereocenters. The number of pyridine rings is 1. The molecule has 4 heterocycles. The standard InChI is InChI=1S/C22H23N5O2/c28-21-3-1-2-19-16-10-17(12-24-11-16)20(27(19)21)13-25-22(29)15-4-6-18(7-5-15)26-9-8-23-14-26/h1-9,14,16-17,20,24H,10-13H2,(H,25,29)/t16-,17+,20+/m1/s1. The predicted molar refractivity (Wildman–Crippen MR) is 109 cm³/mol. The third-order valence-electron chi connectivity index (χ3n) is 6.10. The molecule has 1 aromatic carbocycles. The number of carbonyl (C=O) groups is 1. The van der Waals surface area contributed by atoms with Gasteiger partial charge in [0.2, 0.25) is 0 Å². The minimum Gasteiger partial charge on any atom is -0.350 e. The van der Waals surface area contributed by atoms with Crippen LogP contribution >= 0.6 is 0 Å². The van der Waals surface area contributed by atoms with Crippen molar-refractivity contribution in [1.29, 1.82) is 0 Å². The Morgan fingerprint density at radius 2 is 2.03 bits per heavy atom. The number of benzene rings is 1. The Kier molecular flexibility index (Phi) is 4.52. The van der Waals surface area contributed by atoms with E-state index in [4.69, 9.17) is 0 Å². The highest BCUT2D eigenvalue weighted by atomic mass is 16.1. The molecule has 2 N–H and O–H groups in total. The largest absolute Gasteiger partial charge is 0.350 e. The van der Waals surface area contributed by atoms with Crippen LogP contribution in [0.25, 0.3) is 5.69 Å². The van der Waals surface area contributed by atoms with Crippen LogP contribution in [-0.2, 0) is 0 Å². The summed E-state index contributed by atoms with van der Waals surface area (Å²) in [5, 5.41) is 6.53. The summed E-state index contributed by atoms with van der Waals surface area (Å²) in [6.45, 7) is 2.22. The van der Waals surface area contributed by atoms with Gasteiger partial charge in [-0.2, -0.15) is 0 Å². The topological polar surface area (TPSA) is 81.0 Å². The zero-order valence-electron chi connectivity index (χ0n) is 16.0. The first-order valence-corrected chi connectivity index (χ1v) is 9.99. The minimum absolute atomic E-state index is 0.0167. The van der Waals surface area contributed by atoms with Gasteiger partial charge in [0.05, 0.1) is 12.4 Å². The van der Waals surface area contributed by atoms with Crippen LogP contribution in [0.1, 0.15) is 34.4 Å². The molecule has 0 spiro atoms. The van der Waals surface area contributed by atoms with Crippen molar-refractivity contribution in [3.63, 3.8) is 0 Å². The van der Waals surface area contributed by atoms with Crippen LogP contribution in [0, 0.1) is 5.92 Å². The number of aromatic nitrogens is 3. The number of fused-ring (bicyclic) bond motifs is 4. The van der Waals surface area contributed by atoms with E-state index in [0.717, 1.165) is 30.9 Å². The first-order valence-electron chi connectivity index (χ1n) is 9.99. The van der Waals surface area contributed by atoms with E-state index < -0.39 is 0 Å². The van der Waals surface area contributed by atoms with Gasteiger partial charge in [-0.15, -0.1) is 0 Å². The molecule has 7 heteroatoms. The van der Waals surface area contributed by atoms with Gasteiger partial charge in [-0.3, -0.25) is 9.59 Å². The molecule has 1 amide bonds. The number of nitrogens with zero attached hydrogens (tertiary/aromatic N) is 3. The molecule has 1 fully saturated rings. The van der Waals surface area contributed by atoms with E-state index in [2.05, 4.69) is 15.6 Å². The predicted octanol–water partition coefficient (Wildman–Crippen LogP) is 1.71. The summed E-state index contributed by atoms with van der Waals surface area (Å²) in [6.07, 6.45) is 6.35. The maximum Gasteiger partial charge on any atom is 0.251 e. The normalized spacial score (nSPS) is 22.7. The molecule has 3 atom stereocenters. The van der Waals surface area contributed by atoms with Gasteiger partial charge in [0.25, 0.3) is 11.5 Å². The van der Waals surface area contributed by atoms with Gasteiger partial charge in [-0.25, -0.2) is 4.98 Å². The third kappa shape index (κ3) is 3.27. The number of amides is 1. The average molecular weight is 389 g/mol. The molecule has 1 saturated heterocycles. The van der Waals surface area contributed by atoms with Crippen molar-refractivity contribution in [2.45, 2.75) is 18.4 Å². The molecule has 2 aliphatic heterocycles. The van der Waals surface area contributed by atoms with Gasteiger partial charge in [0, 0.05) is 61.0 Å². The van der Waals surface area contributed by atoms with Crippen molar-refractivity contribution in [1.82, 2.24) is 24.8 Å². The minimum atomic E-state index is -0.126. The molecule has 7 nitrogen and oxygen atoms in total. The smallest absolute Gasteiger partial charge is 0.251 e. The summed E-state index contributed by atoms with van der Waals surface area (Å²) in [5.74, 6) is 0.578. The summed E-state index contributed by atoms with van der Waals surface area (Å²) >= 11 is 0. The lowest BCUT2D eigenvalue weighted by molar-refractivity contribution is 0.0932. The highest BCUT2D eigenvalue weighted by molar-refractivity contribution is 5.94. The Morgan fingerprint density at radius 1 is 1.17 bits per heavy atom. The van der Waals surface area contributed by atoms with Crippen LogP contribution in [0.5, 0.6) is 0 Å². The summed E-state index contributed by atoms with van der Waals surface area (Å²) in [6, 6.07) is 12.9. The molecule has 5 rings (SSSR count). The van der Waals surface area contributed by atoms with Crippen LogP contribution in [0.2, 0.25) is 0 Å². The van der Waals surface area contributed by atoms with Gasteiger partial charge in [-0.05, 0) is 42.7 Å². The van der Waals surface area contributed by atoms with E-state index in [-0.39, 0.29) is 17.5 Å². The van der Waals surface area contributed by atoms with E-state index in [1.54, 1.807) is 18.6 Å². The Balaban J connectivity index is 1.34. The second-order valence-electron chi connectivity index (χ2n) is 7.80. The number of rotatable bonds is 4. The van der Waals surface area contributed by atoms with Crippen LogP contribution in [0.4, 0.5) is 0 Å². The first-order chi connectivity index (χ1) is 14.2. The summed E-state index contributed by atoms with van der Waals surface area (Å²) in [5.41, 5.74) is 2.64. The van der Waals surface area contributed by atoms with E-state index >= 15 is 0 Å². The van der Waals surface area contributed by atoms with E-state index in [0.29, 0.717) is 23.9 Å². The van der Waals surface area contributed by atoms with Crippen LogP contribution in [-0.4, -0.2) is 39.7 Å². The van der Waals surface area contributed by atoms with Gasteiger partial charge < -0.3 is 19.8 Å². The molecular weight excluding hydrogens is 366 g/mol. The number of nitrogens with one attached hydrogen (secondary N) is 2. The maximum absolute atomic E-state index is 12.7. The number of hydrogen-bond donors (Lipinski definition) is 2. The Labute approximate surface area is 168 Å². The number of piperidine rings is 1.